The Morgan fingerprint density at radius 3 is 2.45 bits per heavy atom. The molecule has 0 radical (unpaired) electrons. The first-order chi connectivity index (χ1) is 5.20. The van der Waals surface area contributed by atoms with Gasteiger partial charge in [-0.15, -0.1) is 0 Å². The van der Waals surface area contributed by atoms with E-state index in [4.69, 9.17) is 5.11 Å². The lowest BCUT2D eigenvalue weighted by Crippen LogP contribution is -2.21. The maximum absolute atomic E-state index is 10.6. The van der Waals surface area contributed by atoms with Crippen molar-refractivity contribution in [3.63, 3.8) is 0 Å². The number of carboxylic acids is 1. The summed E-state index contributed by atoms with van der Waals surface area (Å²) >= 11 is 0. The van der Waals surface area contributed by atoms with Crippen LogP contribution < -0.4 is 0 Å². The van der Waals surface area contributed by atoms with E-state index in [0.717, 1.165) is 0 Å². The van der Waals surface area contributed by atoms with E-state index in [0.29, 0.717) is 6.42 Å². The quantitative estimate of drug-likeness (QED) is 0.532. The van der Waals surface area contributed by atoms with Crippen LogP contribution in [0.1, 0.15) is 6.42 Å². The number of aliphatic hydroxyl groups excluding tert-OH is 1. The topological polar surface area (TPSA) is 57.5 Å². The molecule has 0 aromatic rings. The van der Waals surface area contributed by atoms with Crippen molar-refractivity contribution >= 4 is 5.97 Å². The highest BCUT2D eigenvalue weighted by Gasteiger charge is 2.46. The first kappa shape index (κ1) is 6.85. The SMILES string of the molecule is O=C(O)[C@H]1C[C@H]2C=C[C@@H]1[C@@H]2O. The Morgan fingerprint density at radius 1 is 1.45 bits per heavy atom. The number of hydrogen-bond donors (Lipinski definition) is 2. The van der Waals surface area contributed by atoms with Crippen molar-refractivity contribution in [2.75, 3.05) is 0 Å². The lowest BCUT2D eigenvalue weighted by atomic mass is 9.94. The molecular formula is C8H10O3. The van der Waals surface area contributed by atoms with E-state index in [9.17, 15) is 9.90 Å². The van der Waals surface area contributed by atoms with Crippen LogP contribution in [0.15, 0.2) is 12.2 Å². The summed E-state index contributed by atoms with van der Waals surface area (Å²) in [5.41, 5.74) is 0. The van der Waals surface area contributed by atoms with Gasteiger partial charge in [-0.1, -0.05) is 12.2 Å². The number of aliphatic hydroxyl groups is 1. The first-order valence-electron chi connectivity index (χ1n) is 3.79. The second-order valence-electron chi connectivity index (χ2n) is 3.30. The van der Waals surface area contributed by atoms with Gasteiger partial charge in [0.1, 0.15) is 0 Å². The maximum atomic E-state index is 10.6. The molecule has 2 bridgehead atoms. The fourth-order valence-corrected chi connectivity index (χ4v) is 2.09. The Labute approximate surface area is 64.3 Å². The summed E-state index contributed by atoms with van der Waals surface area (Å²) in [5, 5.41) is 18.1. The Kier molecular flexibility index (Phi) is 1.29. The number of rotatable bonds is 1. The van der Waals surface area contributed by atoms with E-state index in [-0.39, 0.29) is 17.8 Å². The molecule has 0 spiro atoms. The average molecular weight is 154 g/mol. The monoisotopic (exact) mass is 154 g/mol. The van der Waals surface area contributed by atoms with Crippen LogP contribution in [-0.4, -0.2) is 22.3 Å². The molecule has 3 nitrogen and oxygen atoms in total. The van der Waals surface area contributed by atoms with Crippen molar-refractivity contribution < 1.29 is 15.0 Å². The molecule has 0 saturated heterocycles. The van der Waals surface area contributed by atoms with Crippen LogP contribution in [0.25, 0.3) is 0 Å². The molecule has 1 saturated carbocycles. The molecule has 2 N–H and O–H groups in total. The molecule has 2 aliphatic carbocycles. The molecule has 3 heteroatoms. The van der Waals surface area contributed by atoms with Gasteiger partial charge in [-0.2, -0.15) is 0 Å². The number of hydrogen-bond acceptors (Lipinski definition) is 2. The average Bonchev–Trinajstić information content (AvgIpc) is 2.46. The normalized spacial score (nSPS) is 46.6. The fraction of sp³-hybridized carbons (Fsp3) is 0.625. The molecule has 0 aromatic carbocycles. The minimum absolute atomic E-state index is 0.0982. The third-order valence-electron chi connectivity index (χ3n) is 2.72. The zero-order chi connectivity index (χ0) is 8.01. The van der Waals surface area contributed by atoms with E-state index >= 15 is 0 Å². The van der Waals surface area contributed by atoms with Gasteiger partial charge in [0.25, 0.3) is 0 Å². The number of fused-ring (bicyclic) bond motifs is 2. The molecule has 1 fully saturated rings. The molecule has 0 aliphatic heterocycles. The summed E-state index contributed by atoms with van der Waals surface area (Å²) in [5.74, 6) is -1.15. The molecule has 0 heterocycles. The summed E-state index contributed by atoms with van der Waals surface area (Å²) < 4.78 is 0. The number of carboxylic acid groups (broad SMARTS) is 1. The summed E-state index contributed by atoms with van der Waals surface area (Å²) in [6.07, 6.45) is 3.93. The molecule has 0 amide bonds. The van der Waals surface area contributed by atoms with E-state index in [1.807, 2.05) is 12.2 Å². The maximum Gasteiger partial charge on any atom is 0.307 e. The van der Waals surface area contributed by atoms with E-state index in [1.165, 1.54) is 0 Å². The summed E-state index contributed by atoms with van der Waals surface area (Å²) in [6, 6.07) is 0. The third kappa shape index (κ3) is 0.807. The first-order valence-corrected chi connectivity index (χ1v) is 3.79. The molecule has 11 heavy (non-hydrogen) atoms. The van der Waals surface area contributed by atoms with Crippen molar-refractivity contribution in [3.8, 4) is 0 Å². The predicted octanol–water partition coefficient (Wildman–Crippen LogP) is 0.254. The zero-order valence-corrected chi connectivity index (χ0v) is 5.97. The Morgan fingerprint density at radius 2 is 2.18 bits per heavy atom. The van der Waals surface area contributed by atoms with Crippen molar-refractivity contribution in [1.29, 1.82) is 0 Å². The predicted molar refractivity (Wildman–Crippen MR) is 37.9 cm³/mol. The third-order valence-corrected chi connectivity index (χ3v) is 2.72. The molecular weight excluding hydrogens is 144 g/mol. The van der Waals surface area contributed by atoms with Gasteiger partial charge >= 0.3 is 5.97 Å². The highest BCUT2D eigenvalue weighted by Crippen LogP contribution is 2.43. The van der Waals surface area contributed by atoms with Crippen LogP contribution in [-0.2, 0) is 4.79 Å². The van der Waals surface area contributed by atoms with E-state index in [2.05, 4.69) is 0 Å². The highest BCUT2D eigenvalue weighted by molar-refractivity contribution is 5.72. The Hall–Kier alpha value is -0.830. The standard InChI is InChI=1S/C8H10O3/c9-7-4-1-2-5(7)6(3-4)8(10)11/h1-2,4-7,9H,3H2,(H,10,11)/t4-,5+,6+,7-/m1/s1. The minimum Gasteiger partial charge on any atom is -0.481 e. The summed E-state index contributed by atoms with van der Waals surface area (Å²) in [7, 11) is 0. The van der Waals surface area contributed by atoms with Crippen LogP contribution in [0.4, 0.5) is 0 Å². The second kappa shape index (κ2) is 2.08. The number of carbonyl (C=O) groups is 1. The van der Waals surface area contributed by atoms with Gasteiger partial charge in [-0.3, -0.25) is 4.79 Å². The molecule has 0 aromatic heterocycles. The summed E-state index contributed by atoms with van der Waals surface area (Å²) in [4.78, 5) is 10.6. The Balaban J connectivity index is 2.21. The zero-order valence-electron chi connectivity index (χ0n) is 5.97. The van der Waals surface area contributed by atoms with Gasteiger partial charge in [0.15, 0.2) is 0 Å². The van der Waals surface area contributed by atoms with Gasteiger partial charge in [-0.25, -0.2) is 0 Å². The van der Waals surface area contributed by atoms with Crippen LogP contribution in [0.5, 0.6) is 0 Å². The van der Waals surface area contributed by atoms with Gasteiger partial charge in [0.2, 0.25) is 0 Å². The number of aliphatic carboxylic acids is 1. The van der Waals surface area contributed by atoms with Crippen molar-refractivity contribution in [2.24, 2.45) is 17.8 Å². The molecule has 4 atom stereocenters. The lowest BCUT2D eigenvalue weighted by molar-refractivity contribution is -0.142. The highest BCUT2D eigenvalue weighted by atomic mass is 16.4. The summed E-state index contributed by atoms with van der Waals surface area (Å²) in [6.45, 7) is 0. The second-order valence-corrected chi connectivity index (χ2v) is 3.30. The van der Waals surface area contributed by atoms with Crippen LogP contribution in [0, 0.1) is 17.8 Å². The van der Waals surface area contributed by atoms with Gasteiger partial charge in [0.05, 0.1) is 12.0 Å². The molecule has 2 aliphatic rings. The van der Waals surface area contributed by atoms with Crippen LogP contribution in [0.2, 0.25) is 0 Å². The van der Waals surface area contributed by atoms with Gasteiger partial charge in [0, 0.05) is 11.8 Å². The smallest absolute Gasteiger partial charge is 0.307 e. The lowest BCUT2D eigenvalue weighted by Gasteiger charge is -2.12. The van der Waals surface area contributed by atoms with Crippen molar-refractivity contribution in [2.45, 2.75) is 12.5 Å². The van der Waals surface area contributed by atoms with E-state index < -0.39 is 12.1 Å². The van der Waals surface area contributed by atoms with Crippen molar-refractivity contribution in [1.82, 2.24) is 0 Å². The Bertz CT molecular complexity index is 221. The van der Waals surface area contributed by atoms with Gasteiger partial charge in [-0.05, 0) is 6.42 Å². The molecule has 2 rings (SSSR count). The van der Waals surface area contributed by atoms with E-state index in [1.54, 1.807) is 0 Å². The fourth-order valence-electron chi connectivity index (χ4n) is 2.09. The largest absolute Gasteiger partial charge is 0.481 e. The van der Waals surface area contributed by atoms with Gasteiger partial charge < -0.3 is 10.2 Å². The molecule has 0 unspecified atom stereocenters. The minimum atomic E-state index is -0.777. The van der Waals surface area contributed by atoms with Crippen LogP contribution >= 0.6 is 0 Å². The van der Waals surface area contributed by atoms with Crippen molar-refractivity contribution in [3.05, 3.63) is 12.2 Å². The van der Waals surface area contributed by atoms with Crippen LogP contribution in [0.3, 0.4) is 0 Å². The molecule has 60 valence electrons.